The van der Waals surface area contributed by atoms with Crippen molar-refractivity contribution in [3.05, 3.63) is 101 Å². The maximum absolute atomic E-state index is 12.8. The Morgan fingerprint density at radius 2 is 1.79 bits per heavy atom. The predicted octanol–water partition coefficient (Wildman–Crippen LogP) is 4.96. The summed E-state index contributed by atoms with van der Waals surface area (Å²) in [6, 6.07) is 24.0. The van der Waals surface area contributed by atoms with Crippen molar-refractivity contribution < 1.29 is 14.3 Å². The van der Waals surface area contributed by atoms with Crippen molar-refractivity contribution >= 4 is 11.8 Å². The van der Waals surface area contributed by atoms with Gasteiger partial charge in [0.05, 0.1) is 6.04 Å². The molecule has 5 heteroatoms. The first-order valence-corrected chi connectivity index (χ1v) is 11.9. The molecule has 0 saturated carbocycles. The van der Waals surface area contributed by atoms with Crippen molar-refractivity contribution in [1.29, 1.82) is 0 Å². The second-order valence-electron chi connectivity index (χ2n) is 8.83. The molecule has 0 aromatic heterocycles. The van der Waals surface area contributed by atoms with E-state index in [1.165, 1.54) is 11.1 Å². The summed E-state index contributed by atoms with van der Waals surface area (Å²) in [6.07, 6.45) is 0.625. The Morgan fingerprint density at radius 1 is 1.06 bits per heavy atom. The second-order valence-corrected chi connectivity index (χ2v) is 8.83. The van der Waals surface area contributed by atoms with Crippen LogP contribution in [0.5, 0.6) is 5.75 Å². The molecule has 2 atom stereocenters. The van der Waals surface area contributed by atoms with Gasteiger partial charge in [-0.15, -0.1) is 0 Å². The van der Waals surface area contributed by atoms with E-state index in [0.29, 0.717) is 25.3 Å². The molecule has 34 heavy (non-hydrogen) atoms. The number of amides is 2. The van der Waals surface area contributed by atoms with Crippen LogP contribution >= 0.6 is 0 Å². The highest BCUT2D eigenvalue weighted by atomic mass is 16.5. The van der Waals surface area contributed by atoms with E-state index in [1.54, 1.807) is 6.92 Å². The van der Waals surface area contributed by atoms with Crippen LogP contribution in [0.2, 0.25) is 0 Å². The molecule has 0 bridgehead atoms. The number of rotatable bonds is 7. The zero-order valence-corrected chi connectivity index (χ0v) is 20.1. The lowest BCUT2D eigenvalue weighted by Crippen LogP contribution is -2.40. The highest BCUT2D eigenvalue weighted by molar-refractivity contribution is 5.80. The van der Waals surface area contributed by atoms with Crippen molar-refractivity contribution in [1.82, 2.24) is 10.2 Å². The number of nitrogens with zero attached hydrogens (tertiary/aromatic N) is 1. The van der Waals surface area contributed by atoms with Crippen molar-refractivity contribution in [3.63, 3.8) is 0 Å². The first-order chi connectivity index (χ1) is 16.5. The van der Waals surface area contributed by atoms with Gasteiger partial charge in [0, 0.05) is 19.5 Å². The van der Waals surface area contributed by atoms with Gasteiger partial charge in [0.2, 0.25) is 5.91 Å². The molecule has 2 amide bonds. The lowest BCUT2D eigenvalue weighted by atomic mass is 9.87. The molecule has 3 aromatic rings. The number of hydrogen-bond acceptors (Lipinski definition) is 3. The lowest BCUT2D eigenvalue weighted by molar-refractivity contribution is -0.133. The Balaban J connectivity index is 1.55. The van der Waals surface area contributed by atoms with Crippen LogP contribution < -0.4 is 10.1 Å². The van der Waals surface area contributed by atoms with Crippen LogP contribution in [0.25, 0.3) is 0 Å². The molecule has 176 valence electrons. The van der Waals surface area contributed by atoms with Gasteiger partial charge < -0.3 is 15.0 Å². The van der Waals surface area contributed by atoms with Crippen LogP contribution in [0, 0.1) is 6.92 Å². The number of nitrogens with one attached hydrogen (secondary N) is 1. The average molecular weight is 457 g/mol. The molecular weight excluding hydrogens is 424 g/mol. The summed E-state index contributed by atoms with van der Waals surface area (Å²) in [5.41, 5.74) is 5.57. The van der Waals surface area contributed by atoms with Gasteiger partial charge in [0.25, 0.3) is 5.91 Å². The van der Waals surface area contributed by atoms with E-state index in [-0.39, 0.29) is 17.9 Å². The predicted molar refractivity (Wildman–Crippen MR) is 134 cm³/mol. The third-order valence-electron chi connectivity index (χ3n) is 6.35. The smallest absolute Gasteiger partial charge is 0.261 e. The number of hydrogen-bond donors (Lipinski definition) is 1. The first kappa shape index (κ1) is 23.6. The molecule has 4 rings (SSSR count). The molecule has 1 heterocycles. The number of carbonyl (C=O) groups is 2. The van der Waals surface area contributed by atoms with Crippen LogP contribution in [0.4, 0.5) is 0 Å². The number of ether oxygens (including phenoxy) is 1. The van der Waals surface area contributed by atoms with Crippen LogP contribution in [-0.2, 0) is 22.6 Å². The van der Waals surface area contributed by atoms with E-state index in [0.717, 1.165) is 23.1 Å². The van der Waals surface area contributed by atoms with Gasteiger partial charge >= 0.3 is 0 Å². The summed E-state index contributed by atoms with van der Waals surface area (Å²) in [5, 5.41) is 2.93. The van der Waals surface area contributed by atoms with E-state index >= 15 is 0 Å². The number of fused-ring (bicyclic) bond motifs is 1. The Kier molecular flexibility index (Phi) is 7.31. The molecule has 3 aromatic carbocycles. The van der Waals surface area contributed by atoms with Crippen molar-refractivity contribution in [2.75, 3.05) is 6.54 Å². The third-order valence-corrected chi connectivity index (χ3v) is 6.35. The standard InChI is InChI=1S/C29H32N2O3/c1-4-27(32)31-17-16-23-14-15-25(18-26(23)28(31)24-12-10-20(2)11-13-24)34-21(3)29(33)30-19-22-8-6-5-7-9-22/h5-15,18,21,28H,4,16-17,19H2,1-3H3,(H,30,33)/t21-,28+/m0/s1. The Bertz CT molecular complexity index is 1140. The molecule has 1 N–H and O–H groups in total. The first-order valence-electron chi connectivity index (χ1n) is 11.9. The SMILES string of the molecule is CCC(=O)N1CCc2ccc(O[C@@H](C)C(=O)NCc3ccccc3)cc2[C@H]1c1ccc(C)cc1. The van der Waals surface area contributed by atoms with E-state index in [4.69, 9.17) is 4.74 Å². The molecule has 0 unspecified atom stereocenters. The molecule has 5 nitrogen and oxygen atoms in total. The summed E-state index contributed by atoms with van der Waals surface area (Å²) < 4.78 is 6.04. The highest BCUT2D eigenvalue weighted by Gasteiger charge is 2.32. The molecule has 1 aliphatic heterocycles. The van der Waals surface area contributed by atoms with Gasteiger partial charge in [-0.25, -0.2) is 0 Å². The lowest BCUT2D eigenvalue weighted by Gasteiger charge is -2.38. The van der Waals surface area contributed by atoms with Crippen LogP contribution in [0.15, 0.2) is 72.8 Å². The number of aryl methyl sites for hydroxylation is 1. The minimum absolute atomic E-state index is 0.135. The quantitative estimate of drug-likeness (QED) is 0.547. The Morgan fingerprint density at radius 3 is 2.50 bits per heavy atom. The van der Waals surface area contributed by atoms with Crippen LogP contribution in [-0.4, -0.2) is 29.4 Å². The van der Waals surface area contributed by atoms with Gasteiger partial charge in [-0.3, -0.25) is 9.59 Å². The zero-order chi connectivity index (χ0) is 24.1. The van der Waals surface area contributed by atoms with Gasteiger partial charge in [-0.2, -0.15) is 0 Å². The molecule has 0 radical (unpaired) electrons. The van der Waals surface area contributed by atoms with E-state index in [2.05, 4.69) is 42.6 Å². The summed E-state index contributed by atoms with van der Waals surface area (Å²) in [6.45, 7) is 6.87. The number of carbonyl (C=O) groups excluding carboxylic acids is 2. The largest absolute Gasteiger partial charge is 0.481 e. The molecule has 0 fully saturated rings. The van der Waals surface area contributed by atoms with E-state index in [9.17, 15) is 9.59 Å². The zero-order valence-electron chi connectivity index (χ0n) is 20.1. The normalized spacial score (nSPS) is 15.9. The summed E-state index contributed by atoms with van der Waals surface area (Å²) in [5.74, 6) is 0.597. The molecule has 0 spiro atoms. The fourth-order valence-corrected chi connectivity index (χ4v) is 4.43. The fourth-order valence-electron chi connectivity index (χ4n) is 4.43. The summed E-state index contributed by atoms with van der Waals surface area (Å²) in [7, 11) is 0. The maximum atomic E-state index is 12.8. The van der Waals surface area contributed by atoms with Gasteiger partial charge in [-0.05, 0) is 54.7 Å². The maximum Gasteiger partial charge on any atom is 0.261 e. The molecule has 1 aliphatic rings. The molecule has 0 saturated heterocycles. The minimum atomic E-state index is -0.642. The average Bonchev–Trinajstić information content (AvgIpc) is 2.87. The van der Waals surface area contributed by atoms with Crippen LogP contribution in [0.1, 0.15) is 54.1 Å². The molecular formula is C29H32N2O3. The van der Waals surface area contributed by atoms with Gasteiger partial charge in [0.15, 0.2) is 6.10 Å². The third kappa shape index (κ3) is 5.30. The minimum Gasteiger partial charge on any atom is -0.481 e. The van der Waals surface area contributed by atoms with Crippen molar-refractivity contribution in [2.24, 2.45) is 0 Å². The van der Waals surface area contributed by atoms with Crippen molar-refractivity contribution in [3.8, 4) is 5.75 Å². The number of benzene rings is 3. The van der Waals surface area contributed by atoms with Gasteiger partial charge in [0.1, 0.15) is 5.75 Å². The van der Waals surface area contributed by atoms with Crippen molar-refractivity contribution in [2.45, 2.75) is 52.3 Å². The Labute approximate surface area is 201 Å². The second kappa shape index (κ2) is 10.6. The van der Waals surface area contributed by atoms with E-state index < -0.39 is 6.10 Å². The monoisotopic (exact) mass is 456 g/mol. The fraction of sp³-hybridized carbons (Fsp3) is 0.310. The van der Waals surface area contributed by atoms with E-state index in [1.807, 2.05) is 54.3 Å². The summed E-state index contributed by atoms with van der Waals surface area (Å²) in [4.78, 5) is 27.4. The topological polar surface area (TPSA) is 58.6 Å². The van der Waals surface area contributed by atoms with Gasteiger partial charge in [-0.1, -0.05) is 73.2 Å². The highest BCUT2D eigenvalue weighted by Crippen LogP contribution is 2.37. The Hall–Kier alpha value is -3.60. The van der Waals surface area contributed by atoms with Crippen LogP contribution in [0.3, 0.4) is 0 Å². The summed E-state index contributed by atoms with van der Waals surface area (Å²) >= 11 is 0. The molecule has 0 aliphatic carbocycles.